The van der Waals surface area contributed by atoms with Gasteiger partial charge >= 0.3 is 6.03 Å². The number of anilines is 1. The molecule has 4 aromatic rings. The van der Waals surface area contributed by atoms with Gasteiger partial charge in [-0.1, -0.05) is 81.4 Å². The number of nitrogens with zero attached hydrogens (tertiary/aromatic N) is 2. The van der Waals surface area contributed by atoms with Crippen molar-refractivity contribution in [3.05, 3.63) is 114 Å². The first-order valence-electron chi connectivity index (χ1n) is 14.6. The van der Waals surface area contributed by atoms with Crippen LogP contribution in [-0.2, 0) is 17.9 Å². The Hall–Kier alpha value is -4.24. The number of rotatable bonds is 11. The number of aromatic nitrogens is 1. The van der Waals surface area contributed by atoms with Crippen LogP contribution in [0.15, 0.2) is 102 Å². The highest BCUT2D eigenvalue weighted by Gasteiger charge is 2.33. The zero-order valence-electron chi connectivity index (χ0n) is 25.5. The molecule has 0 fully saturated rings. The van der Waals surface area contributed by atoms with Crippen molar-refractivity contribution in [3.63, 3.8) is 0 Å². The van der Waals surface area contributed by atoms with E-state index in [9.17, 15) is 4.79 Å². The zero-order chi connectivity index (χ0) is 31.7. The van der Waals surface area contributed by atoms with Gasteiger partial charge in [0.05, 0.1) is 17.6 Å². The summed E-state index contributed by atoms with van der Waals surface area (Å²) >= 11 is 1.46. The first kappa shape index (κ1) is 32.7. The summed E-state index contributed by atoms with van der Waals surface area (Å²) in [7, 11) is 0. The fourth-order valence-electron chi connectivity index (χ4n) is 4.54. The number of carbonyl (C=O) groups excluding carboxylic acids is 1. The summed E-state index contributed by atoms with van der Waals surface area (Å²) in [6.07, 6.45) is 0.819. The Bertz CT molecular complexity index is 1540. The monoisotopic (exact) mass is 615 g/mol. The van der Waals surface area contributed by atoms with Gasteiger partial charge in [-0.05, 0) is 65.7 Å². The molecule has 0 atom stereocenters. The third-order valence-electron chi connectivity index (χ3n) is 7.20. The van der Waals surface area contributed by atoms with Crippen LogP contribution in [0.1, 0.15) is 57.2 Å². The largest absolute Gasteiger partial charge is 0.334 e. The van der Waals surface area contributed by atoms with E-state index in [0.29, 0.717) is 11.3 Å². The summed E-state index contributed by atoms with van der Waals surface area (Å²) in [5.41, 5.74) is 3.94. The van der Waals surface area contributed by atoms with Gasteiger partial charge in [-0.2, -0.15) is 0 Å². The van der Waals surface area contributed by atoms with Gasteiger partial charge in [-0.25, -0.2) is 13.6 Å². The molecule has 0 aliphatic heterocycles. The van der Waals surface area contributed by atoms with E-state index >= 15 is 8.78 Å². The summed E-state index contributed by atoms with van der Waals surface area (Å²) in [5, 5.41) is 11.2. The standard InChI is InChI=1S/C35H39F2N5OS/c1-5-42(33(43)40-23-25-14-16-27(17-15-25)34(2,3)4)32(38)20-21-35(36,37)28-11-9-10-26(22-28)31-19-18-29(24-39-31)41-44-30-12-7-6-8-13-30/h6-19,22,24,38,41H,5,20-21,23H2,1-4H3,(H,40,43). The van der Waals surface area contributed by atoms with Crippen molar-refractivity contribution in [2.75, 3.05) is 11.3 Å². The molecule has 1 aromatic heterocycles. The van der Waals surface area contributed by atoms with Crippen LogP contribution in [0.5, 0.6) is 0 Å². The lowest BCUT2D eigenvalue weighted by molar-refractivity contribution is -0.0118. The first-order chi connectivity index (χ1) is 21.0. The minimum atomic E-state index is -3.19. The summed E-state index contributed by atoms with van der Waals surface area (Å²) in [6.45, 7) is 8.62. The van der Waals surface area contributed by atoms with E-state index in [2.05, 4.69) is 35.8 Å². The molecule has 2 amide bonds. The molecule has 0 aliphatic rings. The topological polar surface area (TPSA) is 81.1 Å². The van der Waals surface area contributed by atoms with Gasteiger partial charge in [-0.3, -0.25) is 15.3 Å². The molecule has 0 unspecified atom stereocenters. The molecule has 230 valence electrons. The molecule has 9 heteroatoms. The van der Waals surface area contributed by atoms with Crippen molar-refractivity contribution in [3.8, 4) is 11.3 Å². The van der Waals surface area contributed by atoms with Crippen LogP contribution in [0, 0.1) is 5.41 Å². The third kappa shape index (κ3) is 8.89. The number of amidine groups is 1. The lowest BCUT2D eigenvalue weighted by Crippen LogP contribution is -2.43. The number of amides is 2. The third-order valence-corrected chi connectivity index (χ3v) is 8.05. The van der Waals surface area contributed by atoms with Crippen LogP contribution in [0.2, 0.25) is 0 Å². The van der Waals surface area contributed by atoms with E-state index in [1.54, 1.807) is 31.3 Å². The molecule has 1 heterocycles. The van der Waals surface area contributed by atoms with Crippen LogP contribution in [0.25, 0.3) is 11.3 Å². The molecule has 44 heavy (non-hydrogen) atoms. The van der Waals surface area contributed by atoms with Gasteiger partial charge in [0.25, 0.3) is 5.92 Å². The average molecular weight is 616 g/mol. The van der Waals surface area contributed by atoms with Crippen molar-refractivity contribution in [1.29, 1.82) is 5.41 Å². The number of urea groups is 1. The predicted molar refractivity (Wildman–Crippen MR) is 176 cm³/mol. The van der Waals surface area contributed by atoms with E-state index in [1.165, 1.54) is 34.5 Å². The van der Waals surface area contributed by atoms with E-state index < -0.39 is 18.4 Å². The molecule has 0 saturated carbocycles. The highest BCUT2D eigenvalue weighted by Crippen LogP contribution is 2.35. The Morgan fingerprint density at radius 1 is 0.932 bits per heavy atom. The number of nitrogens with one attached hydrogen (secondary N) is 3. The molecule has 3 aromatic carbocycles. The highest BCUT2D eigenvalue weighted by molar-refractivity contribution is 8.00. The fraction of sp³-hybridized carbons (Fsp3) is 0.286. The molecule has 3 N–H and O–H groups in total. The van der Waals surface area contributed by atoms with Gasteiger partial charge < -0.3 is 10.0 Å². The summed E-state index contributed by atoms with van der Waals surface area (Å²) in [6, 6.07) is 27.2. The quantitative estimate of drug-likeness (QED) is 0.0893. The van der Waals surface area contributed by atoms with Crippen molar-refractivity contribution >= 4 is 29.5 Å². The maximum absolute atomic E-state index is 15.3. The number of hydrogen-bond acceptors (Lipinski definition) is 5. The Morgan fingerprint density at radius 2 is 1.66 bits per heavy atom. The van der Waals surface area contributed by atoms with Gasteiger partial charge in [-0.15, -0.1) is 0 Å². The SMILES string of the molecule is CCN(C(=N)CCC(F)(F)c1cccc(-c2ccc(NSc3ccccc3)cn2)c1)C(=O)NCc1ccc(C(C)(C)C)cc1. The predicted octanol–water partition coefficient (Wildman–Crippen LogP) is 9.25. The van der Waals surface area contributed by atoms with Crippen molar-refractivity contribution in [1.82, 2.24) is 15.2 Å². The molecule has 0 bridgehead atoms. The molecule has 0 aliphatic carbocycles. The number of halogens is 2. The molecule has 4 rings (SSSR count). The molecule has 0 radical (unpaired) electrons. The Labute approximate surface area is 262 Å². The Kier molecular flexibility index (Phi) is 10.8. The van der Waals surface area contributed by atoms with Crippen molar-refractivity contribution in [2.45, 2.75) is 63.3 Å². The summed E-state index contributed by atoms with van der Waals surface area (Å²) in [5.74, 6) is -3.34. The Balaban J connectivity index is 1.32. The van der Waals surface area contributed by atoms with E-state index in [1.807, 2.05) is 60.7 Å². The van der Waals surface area contributed by atoms with E-state index in [-0.39, 0.29) is 36.3 Å². The van der Waals surface area contributed by atoms with Gasteiger partial charge in [0.2, 0.25) is 0 Å². The van der Waals surface area contributed by atoms with Crippen molar-refractivity contribution < 1.29 is 13.6 Å². The molecule has 0 saturated heterocycles. The fourth-order valence-corrected chi connectivity index (χ4v) is 5.19. The average Bonchev–Trinajstić information content (AvgIpc) is 3.03. The van der Waals surface area contributed by atoms with E-state index in [0.717, 1.165) is 16.1 Å². The maximum atomic E-state index is 15.3. The molecular weight excluding hydrogens is 576 g/mol. The second-order valence-corrected chi connectivity index (χ2v) is 12.4. The number of pyridine rings is 1. The summed E-state index contributed by atoms with van der Waals surface area (Å²) < 4.78 is 33.9. The van der Waals surface area contributed by atoms with Crippen LogP contribution in [0.3, 0.4) is 0 Å². The number of benzene rings is 3. The molecule has 0 spiro atoms. The lowest BCUT2D eigenvalue weighted by atomic mass is 9.87. The Morgan fingerprint density at radius 3 is 2.30 bits per heavy atom. The normalized spacial score (nSPS) is 11.6. The summed E-state index contributed by atoms with van der Waals surface area (Å²) in [4.78, 5) is 19.5. The van der Waals surface area contributed by atoms with Gasteiger partial charge in [0, 0.05) is 42.0 Å². The number of carbonyl (C=O) groups is 1. The van der Waals surface area contributed by atoms with Crippen LogP contribution < -0.4 is 10.0 Å². The zero-order valence-corrected chi connectivity index (χ0v) is 26.3. The lowest BCUT2D eigenvalue weighted by Gasteiger charge is -2.24. The first-order valence-corrected chi connectivity index (χ1v) is 15.4. The van der Waals surface area contributed by atoms with E-state index in [4.69, 9.17) is 5.41 Å². The highest BCUT2D eigenvalue weighted by atomic mass is 32.2. The van der Waals surface area contributed by atoms with Gasteiger partial charge in [0.1, 0.15) is 5.84 Å². The minimum Gasteiger partial charge on any atom is -0.334 e. The van der Waals surface area contributed by atoms with Crippen LogP contribution in [0.4, 0.5) is 19.3 Å². The second kappa shape index (κ2) is 14.5. The number of alkyl halides is 2. The van der Waals surface area contributed by atoms with Crippen LogP contribution >= 0.6 is 11.9 Å². The van der Waals surface area contributed by atoms with Gasteiger partial charge in [0.15, 0.2) is 0 Å². The second-order valence-electron chi connectivity index (χ2n) is 11.5. The molecular formula is C35H39F2N5OS. The molecule has 6 nitrogen and oxygen atoms in total. The minimum absolute atomic E-state index is 0.0293. The van der Waals surface area contributed by atoms with Crippen molar-refractivity contribution in [2.24, 2.45) is 0 Å². The van der Waals surface area contributed by atoms with Crippen LogP contribution in [-0.4, -0.2) is 28.3 Å². The smallest absolute Gasteiger partial charge is 0.323 e. The number of hydrogen-bond donors (Lipinski definition) is 3. The maximum Gasteiger partial charge on any atom is 0.323 e.